The summed E-state index contributed by atoms with van der Waals surface area (Å²) in [5.41, 5.74) is 1.68. The van der Waals surface area contributed by atoms with Crippen LogP contribution in [0.4, 0.5) is 0 Å². The largest absolute Gasteiger partial charge is 0.487 e. The van der Waals surface area contributed by atoms with E-state index in [1.54, 1.807) is 6.20 Å². The lowest BCUT2D eigenvalue weighted by Gasteiger charge is -2.16. The van der Waals surface area contributed by atoms with Crippen LogP contribution in [0.2, 0.25) is 0 Å². The number of aromatic nitrogens is 5. The van der Waals surface area contributed by atoms with Crippen molar-refractivity contribution in [1.29, 1.82) is 0 Å². The van der Waals surface area contributed by atoms with Gasteiger partial charge in [0.1, 0.15) is 18.1 Å². The SMILES string of the molecule is CC(C)Cn1c(=O)n(C)c(=O)c2nc(CCCCCO)c(COc3cccc4ncccc34)nc21. The molecule has 0 amide bonds. The fourth-order valence-corrected chi connectivity index (χ4v) is 4.12. The summed E-state index contributed by atoms with van der Waals surface area (Å²) in [5.74, 6) is 0.850. The van der Waals surface area contributed by atoms with Crippen molar-refractivity contribution in [3.63, 3.8) is 0 Å². The van der Waals surface area contributed by atoms with Crippen LogP contribution in [-0.4, -0.2) is 35.8 Å². The predicted octanol–water partition coefficient (Wildman–Crippen LogP) is 2.98. The summed E-state index contributed by atoms with van der Waals surface area (Å²) < 4.78 is 8.79. The number of rotatable bonds is 10. The monoisotopic (exact) mass is 477 g/mol. The lowest BCUT2D eigenvalue weighted by atomic mass is 10.1. The molecule has 0 aliphatic rings. The minimum atomic E-state index is -0.457. The van der Waals surface area contributed by atoms with Gasteiger partial charge in [0.2, 0.25) is 0 Å². The van der Waals surface area contributed by atoms with E-state index in [4.69, 9.17) is 19.8 Å². The molecule has 35 heavy (non-hydrogen) atoms. The summed E-state index contributed by atoms with van der Waals surface area (Å²) in [6.45, 7) is 4.70. The molecule has 0 aliphatic heterocycles. The summed E-state index contributed by atoms with van der Waals surface area (Å²) in [4.78, 5) is 39.7. The Bertz CT molecular complexity index is 1450. The number of pyridine rings is 1. The molecule has 0 aliphatic carbocycles. The molecule has 0 atom stereocenters. The number of aryl methyl sites for hydroxylation is 1. The molecule has 0 radical (unpaired) electrons. The number of unbranched alkanes of at least 4 members (excludes halogenated alkanes) is 2. The molecule has 184 valence electrons. The lowest BCUT2D eigenvalue weighted by molar-refractivity contribution is 0.282. The predicted molar refractivity (Wildman–Crippen MR) is 135 cm³/mol. The Hall–Kier alpha value is -3.59. The molecule has 0 saturated heterocycles. The summed E-state index contributed by atoms with van der Waals surface area (Å²) in [5, 5.41) is 10.0. The van der Waals surface area contributed by atoms with E-state index in [-0.39, 0.29) is 30.3 Å². The van der Waals surface area contributed by atoms with Crippen molar-refractivity contribution >= 4 is 22.1 Å². The van der Waals surface area contributed by atoms with Gasteiger partial charge in [-0.05, 0) is 49.4 Å². The van der Waals surface area contributed by atoms with E-state index in [1.807, 2.05) is 44.2 Å². The van der Waals surface area contributed by atoms with E-state index in [2.05, 4.69) is 4.98 Å². The van der Waals surface area contributed by atoms with Gasteiger partial charge in [0.15, 0.2) is 11.2 Å². The standard InChI is InChI=1S/C26H31N5O4/c1-17(2)15-31-24-23(25(33)30(3)26(31)34)28-20(10-5-4-6-14-32)21(29-24)16-35-22-12-7-11-19-18(22)9-8-13-27-19/h7-9,11-13,17,32H,4-6,10,14-16H2,1-3H3. The first-order valence-electron chi connectivity index (χ1n) is 12.0. The normalized spacial score (nSPS) is 11.6. The zero-order valence-corrected chi connectivity index (χ0v) is 20.4. The van der Waals surface area contributed by atoms with Crippen LogP contribution >= 0.6 is 0 Å². The summed E-state index contributed by atoms with van der Waals surface area (Å²) >= 11 is 0. The quantitative estimate of drug-likeness (QED) is 0.350. The van der Waals surface area contributed by atoms with Crippen molar-refractivity contribution in [2.45, 2.75) is 52.7 Å². The van der Waals surface area contributed by atoms with E-state index >= 15 is 0 Å². The van der Waals surface area contributed by atoms with Crippen LogP contribution in [0.1, 0.15) is 44.5 Å². The molecule has 3 heterocycles. The van der Waals surface area contributed by atoms with E-state index in [1.165, 1.54) is 11.6 Å². The molecular formula is C26H31N5O4. The second-order valence-electron chi connectivity index (χ2n) is 9.09. The molecule has 0 unspecified atom stereocenters. The highest BCUT2D eigenvalue weighted by molar-refractivity contribution is 5.84. The average Bonchev–Trinajstić information content (AvgIpc) is 2.86. The number of hydrogen-bond donors (Lipinski definition) is 1. The maximum atomic E-state index is 12.9. The van der Waals surface area contributed by atoms with Crippen LogP contribution < -0.4 is 16.0 Å². The Labute approximate surface area is 203 Å². The smallest absolute Gasteiger partial charge is 0.332 e. The van der Waals surface area contributed by atoms with Crippen LogP contribution in [-0.2, 0) is 26.6 Å². The van der Waals surface area contributed by atoms with Gasteiger partial charge in [0.25, 0.3) is 5.56 Å². The number of fused-ring (bicyclic) bond motifs is 2. The summed E-state index contributed by atoms with van der Waals surface area (Å²) in [7, 11) is 1.47. The highest BCUT2D eigenvalue weighted by Gasteiger charge is 2.19. The molecule has 1 N–H and O–H groups in total. The molecule has 4 aromatic rings. The molecule has 0 saturated carbocycles. The molecule has 9 heteroatoms. The average molecular weight is 478 g/mol. The van der Waals surface area contributed by atoms with E-state index < -0.39 is 11.2 Å². The van der Waals surface area contributed by atoms with E-state index in [9.17, 15) is 9.59 Å². The Morgan fingerprint density at radius 3 is 2.63 bits per heavy atom. The maximum Gasteiger partial charge on any atom is 0.332 e. The van der Waals surface area contributed by atoms with Crippen molar-refractivity contribution in [1.82, 2.24) is 24.1 Å². The fourth-order valence-electron chi connectivity index (χ4n) is 4.12. The van der Waals surface area contributed by atoms with Crippen LogP contribution in [0.15, 0.2) is 46.1 Å². The third-order valence-electron chi connectivity index (χ3n) is 5.90. The number of aliphatic hydroxyl groups is 1. The Morgan fingerprint density at radius 2 is 1.86 bits per heavy atom. The first-order chi connectivity index (χ1) is 16.9. The lowest BCUT2D eigenvalue weighted by Crippen LogP contribution is -2.40. The molecular weight excluding hydrogens is 446 g/mol. The van der Waals surface area contributed by atoms with Crippen molar-refractivity contribution in [3.05, 3.63) is 68.8 Å². The zero-order chi connectivity index (χ0) is 24.9. The second-order valence-corrected chi connectivity index (χ2v) is 9.09. The van der Waals surface area contributed by atoms with Gasteiger partial charge in [-0.1, -0.05) is 26.3 Å². The molecule has 4 rings (SSSR count). The van der Waals surface area contributed by atoms with Crippen LogP contribution in [0.3, 0.4) is 0 Å². The first kappa shape index (κ1) is 24.5. The molecule has 1 aromatic carbocycles. The van der Waals surface area contributed by atoms with Crippen molar-refractivity contribution < 1.29 is 9.84 Å². The van der Waals surface area contributed by atoms with Crippen LogP contribution in [0, 0.1) is 5.92 Å². The Morgan fingerprint density at radius 1 is 1.03 bits per heavy atom. The zero-order valence-electron chi connectivity index (χ0n) is 20.4. The fraction of sp³-hybridized carbons (Fsp3) is 0.423. The van der Waals surface area contributed by atoms with Gasteiger partial charge < -0.3 is 9.84 Å². The van der Waals surface area contributed by atoms with Gasteiger partial charge in [-0.3, -0.25) is 18.9 Å². The van der Waals surface area contributed by atoms with Gasteiger partial charge in [-0.2, -0.15) is 0 Å². The van der Waals surface area contributed by atoms with Crippen molar-refractivity contribution in [2.75, 3.05) is 6.61 Å². The van der Waals surface area contributed by atoms with Crippen molar-refractivity contribution in [3.8, 4) is 5.75 Å². The minimum absolute atomic E-state index is 0.135. The number of nitrogens with zero attached hydrogens (tertiary/aromatic N) is 5. The van der Waals surface area contributed by atoms with Crippen LogP contribution in [0.5, 0.6) is 5.75 Å². The molecule has 9 nitrogen and oxygen atoms in total. The molecule has 0 spiro atoms. The highest BCUT2D eigenvalue weighted by atomic mass is 16.5. The number of aliphatic hydroxyl groups excluding tert-OH is 1. The van der Waals surface area contributed by atoms with Gasteiger partial charge in [0.05, 0.1) is 11.2 Å². The van der Waals surface area contributed by atoms with Gasteiger partial charge in [-0.25, -0.2) is 14.8 Å². The second kappa shape index (κ2) is 10.8. The topological polar surface area (TPSA) is 112 Å². The highest BCUT2D eigenvalue weighted by Crippen LogP contribution is 2.25. The number of ether oxygens (including phenoxy) is 1. The van der Waals surface area contributed by atoms with Crippen molar-refractivity contribution in [2.24, 2.45) is 13.0 Å². The third-order valence-corrected chi connectivity index (χ3v) is 5.90. The van der Waals surface area contributed by atoms with Gasteiger partial charge in [-0.15, -0.1) is 0 Å². The van der Waals surface area contributed by atoms with Gasteiger partial charge >= 0.3 is 5.69 Å². The minimum Gasteiger partial charge on any atom is -0.487 e. The number of benzene rings is 1. The molecule has 0 bridgehead atoms. The van der Waals surface area contributed by atoms with Gasteiger partial charge in [0, 0.05) is 31.8 Å². The van der Waals surface area contributed by atoms with E-state index in [0.717, 1.165) is 28.3 Å². The third kappa shape index (κ3) is 5.24. The maximum absolute atomic E-state index is 12.9. The number of hydrogen-bond acceptors (Lipinski definition) is 7. The summed E-state index contributed by atoms with van der Waals surface area (Å²) in [6, 6.07) is 9.49. The first-order valence-corrected chi connectivity index (χ1v) is 12.0. The molecule has 3 aromatic heterocycles. The molecule has 0 fully saturated rings. The van der Waals surface area contributed by atoms with E-state index in [0.29, 0.717) is 36.5 Å². The van der Waals surface area contributed by atoms with Crippen LogP contribution in [0.25, 0.3) is 22.1 Å². The summed E-state index contributed by atoms with van der Waals surface area (Å²) in [6.07, 6.45) is 4.64. The Balaban J connectivity index is 1.80. The Kier molecular flexibility index (Phi) is 7.55.